The van der Waals surface area contributed by atoms with E-state index in [2.05, 4.69) is 29.3 Å². The summed E-state index contributed by atoms with van der Waals surface area (Å²) in [6.07, 6.45) is 0. The molecule has 2 nitrogen and oxygen atoms in total. The molecule has 1 aromatic carbocycles. The highest BCUT2D eigenvalue weighted by Gasteiger charge is 2.31. The van der Waals surface area contributed by atoms with Gasteiger partial charge in [0.1, 0.15) is 5.00 Å². The summed E-state index contributed by atoms with van der Waals surface area (Å²) in [7, 11) is 0. The van der Waals surface area contributed by atoms with Crippen molar-refractivity contribution in [2.75, 3.05) is 26.2 Å². The van der Waals surface area contributed by atoms with E-state index in [1.54, 1.807) is 0 Å². The van der Waals surface area contributed by atoms with E-state index in [0.29, 0.717) is 0 Å². The molecular weight excluding hydrogens is 243 g/mol. The Balaban J connectivity index is 0.00000128. The Morgan fingerprint density at radius 3 is 2.31 bits per heavy atom. The van der Waals surface area contributed by atoms with E-state index >= 15 is 0 Å². The van der Waals surface area contributed by atoms with E-state index in [1.807, 2.05) is 18.2 Å². The van der Waals surface area contributed by atoms with Crippen molar-refractivity contribution in [2.24, 2.45) is 0 Å². The van der Waals surface area contributed by atoms with Crippen molar-refractivity contribution in [3.63, 3.8) is 0 Å². The van der Waals surface area contributed by atoms with Crippen LogP contribution >= 0.6 is 24.0 Å². The van der Waals surface area contributed by atoms with Gasteiger partial charge in [0.05, 0.1) is 0 Å². The monoisotopic (exact) mass is 260 g/mol. The van der Waals surface area contributed by atoms with Gasteiger partial charge in [0.25, 0.3) is 0 Å². The van der Waals surface area contributed by atoms with Crippen molar-refractivity contribution in [3.05, 3.63) is 35.9 Å². The molecule has 1 fully saturated rings. The number of nitrogens with one attached hydrogen (secondary N) is 1. The Morgan fingerprint density at radius 2 is 1.75 bits per heavy atom. The Labute approximate surface area is 108 Å². The minimum Gasteiger partial charge on any atom is -0.314 e. The molecule has 0 saturated carbocycles. The molecule has 0 bridgehead atoms. The minimum absolute atomic E-state index is 0. The first-order valence-corrected chi connectivity index (χ1v) is 5.79. The van der Waals surface area contributed by atoms with Crippen LogP contribution in [0.3, 0.4) is 0 Å². The quantitative estimate of drug-likeness (QED) is 0.649. The van der Waals surface area contributed by atoms with Gasteiger partial charge in [0, 0.05) is 26.2 Å². The first kappa shape index (κ1) is 13.8. The molecule has 1 aliphatic heterocycles. The fourth-order valence-corrected chi connectivity index (χ4v) is 2.30. The average Bonchev–Trinajstić information content (AvgIpc) is 2.31. The largest absolute Gasteiger partial charge is 0.314 e. The smallest absolute Gasteiger partial charge is 0.119 e. The van der Waals surface area contributed by atoms with Crippen LogP contribution in [-0.2, 0) is 5.00 Å². The molecule has 1 heterocycles. The molecule has 90 valence electrons. The standard InChI is InChI=1S/C12H17ClN2.ClH/c1-12(13,11-5-3-2-4-6-11)15-9-7-14-8-10-15;/h2-6,14H,7-10H2,1H3;1H. The fraction of sp³-hybridized carbons (Fsp3) is 0.500. The van der Waals surface area contributed by atoms with E-state index in [1.165, 1.54) is 5.56 Å². The van der Waals surface area contributed by atoms with Crippen molar-refractivity contribution < 1.29 is 0 Å². The Morgan fingerprint density at radius 1 is 1.19 bits per heavy atom. The van der Waals surface area contributed by atoms with Crippen molar-refractivity contribution in [2.45, 2.75) is 11.9 Å². The summed E-state index contributed by atoms with van der Waals surface area (Å²) in [5.41, 5.74) is 1.17. The molecule has 16 heavy (non-hydrogen) atoms. The lowest BCUT2D eigenvalue weighted by Crippen LogP contribution is -2.50. The van der Waals surface area contributed by atoms with Crippen molar-refractivity contribution in [1.82, 2.24) is 10.2 Å². The SMILES string of the molecule is CC(Cl)(c1ccccc1)N1CCNCC1.Cl. The highest BCUT2D eigenvalue weighted by molar-refractivity contribution is 6.23. The van der Waals surface area contributed by atoms with E-state index in [4.69, 9.17) is 11.6 Å². The van der Waals surface area contributed by atoms with Crippen LogP contribution in [0.15, 0.2) is 30.3 Å². The molecule has 1 aliphatic rings. The molecule has 0 radical (unpaired) electrons. The normalized spacial score (nSPS) is 20.9. The van der Waals surface area contributed by atoms with E-state index in [0.717, 1.165) is 26.2 Å². The predicted molar refractivity (Wildman–Crippen MR) is 71.3 cm³/mol. The number of alkyl halides is 1. The van der Waals surface area contributed by atoms with E-state index in [-0.39, 0.29) is 17.4 Å². The summed E-state index contributed by atoms with van der Waals surface area (Å²) in [4.78, 5) is 1.95. The predicted octanol–water partition coefficient (Wildman–Crippen LogP) is 2.43. The zero-order valence-corrected chi connectivity index (χ0v) is 11.0. The maximum absolute atomic E-state index is 6.64. The van der Waals surface area contributed by atoms with Crippen molar-refractivity contribution in [1.29, 1.82) is 0 Å². The van der Waals surface area contributed by atoms with Gasteiger partial charge in [-0.15, -0.1) is 12.4 Å². The molecule has 1 atom stereocenters. The van der Waals surface area contributed by atoms with Gasteiger partial charge >= 0.3 is 0 Å². The van der Waals surface area contributed by atoms with Gasteiger partial charge in [-0.05, 0) is 12.5 Å². The molecule has 2 rings (SSSR count). The Bertz CT molecular complexity index is 308. The number of piperazine rings is 1. The second-order valence-electron chi connectivity index (χ2n) is 4.06. The third-order valence-electron chi connectivity index (χ3n) is 3.01. The van der Waals surface area contributed by atoms with Gasteiger partial charge in [0.15, 0.2) is 0 Å². The van der Waals surface area contributed by atoms with Crippen LogP contribution in [0, 0.1) is 0 Å². The molecule has 1 aromatic rings. The third-order valence-corrected chi connectivity index (χ3v) is 3.47. The van der Waals surface area contributed by atoms with Gasteiger partial charge in [-0.2, -0.15) is 0 Å². The summed E-state index contributed by atoms with van der Waals surface area (Å²) in [5, 5.41) is 3.34. The highest BCUT2D eigenvalue weighted by atomic mass is 35.5. The van der Waals surface area contributed by atoms with E-state index in [9.17, 15) is 0 Å². The topological polar surface area (TPSA) is 15.3 Å². The lowest BCUT2D eigenvalue weighted by atomic mass is 10.1. The number of hydrogen-bond donors (Lipinski definition) is 1. The maximum Gasteiger partial charge on any atom is 0.119 e. The zero-order valence-electron chi connectivity index (χ0n) is 9.45. The first-order chi connectivity index (χ1) is 7.21. The summed E-state index contributed by atoms with van der Waals surface area (Å²) < 4.78 is 0. The number of halogens is 2. The zero-order chi connectivity index (χ0) is 10.7. The number of benzene rings is 1. The number of rotatable bonds is 2. The maximum atomic E-state index is 6.64. The average molecular weight is 261 g/mol. The van der Waals surface area contributed by atoms with Crippen molar-refractivity contribution in [3.8, 4) is 0 Å². The third kappa shape index (κ3) is 2.89. The Kier molecular flexibility index (Phi) is 5.06. The van der Waals surface area contributed by atoms with Crippen LogP contribution in [0.5, 0.6) is 0 Å². The highest BCUT2D eigenvalue weighted by Crippen LogP contribution is 2.32. The van der Waals surface area contributed by atoms with Gasteiger partial charge in [-0.1, -0.05) is 41.9 Å². The van der Waals surface area contributed by atoms with Crippen LogP contribution < -0.4 is 5.32 Å². The van der Waals surface area contributed by atoms with Crippen LogP contribution in [-0.4, -0.2) is 31.1 Å². The Hall–Kier alpha value is -0.280. The fourth-order valence-electron chi connectivity index (χ4n) is 2.01. The lowest BCUT2D eigenvalue weighted by molar-refractivity contribution is 0.154. The second kappa shape index (κ2) is 5.87. The van der Waals surface area contributed by atoms with Gasteiger partial charge in [0.2, 0.25) is 0 Å². The molecule has 0 spiro atoms. The molecule has 1 unspecified atom stereocenters. The molecule has 4 heteroatoms. The summed E-state index contributed by atoms with van der Waals surface area (Å²) in [5.74, 6) is 0. The van der Waals surface area contributed by atoms with Crippen molar-refractivity contribution >= 4 is 24.0 Å². The van der Waals surface area contributed by atoms with Gasteiger partial charge < -0.3 is 5.32 Å². The molecule has 0 amide bonds. The summed E-state index contributed by atoms with van der Waals surface area (Å²) >= 11 is 6.64. The van der Waals surface area contributed by atoms with E-state index < -0.39 is 0 Å². The molecule has 1 saturated heterocycles. The first-order valence-electron chi connectivity index (χ1n) is 5.41. The summed E-state index contributed by atoms with van der Waals surface area (Å²) in [6, 6.07) is 10.3. The number of hydrogen-bond acceptors (Lipinski definition) is 2. The van der Waals surface area contributed by atoms with Crippen LogP contribution in [0.4, 0.5) is 0 Å². The van der Waals surface area contributed by atoms with Crippen LogP contribution in [0.1, 0.15) is 12.5 Å². The van der Waals surface area contributed by atoms with Gasteiger partial charge in [-0.25, -0.2) is 0 Å². The second-order valence-corrected chi connectivity index (χ2v) is 4.79. The minimum atomic E-state index is -0.372. The molecule has 1 N–H and O–H groups in total. The molecule has 0 aliphatic carbocycles. The molecular formula is C12H18Cl2N2. The van der Waals surface area contributed by atoms with Crippen LogP contribution in [0.25, 0.3) is 0 Å². The lowest BCUT2D eigenvalue weighted by Gasteiger charge is -2.39. The molecule has 0 aromatic heterocycles. The number of nitrogens with zero attached hydrogens (tertiary/aromatic N) is 1. The van der Waals surface area contributed by atoms with Crippen LogP contribution in [0.2, 0.25) is 0 Å². The van der Waals surface area contributed by atoms with Gasteiger partial charge in [-0.3, -0.25) is 4.90 Å². The summed E-state index contributed by atoms with van der Waals surface area (Å²) in [6.45, 7) is 6.14.